The number of aliphatic hydroxyl groups is 2. The minimum Gasteiger partial charge on any atom is -0.455 e. The van der Waals surface area contributed by atoms with E-state index < -0.39 is 29.7 Å². The van der Waals surface area contributed by atoms with E-state index in [0.717, 1.165) is 24.7 Å². The van der Waals surface area contributed by atoms with Gasteiger partial charge in [0.25, 0.3) is 0 Å². The maximum Gasteiger partial charge on any atom is 0.303 e. The molecule has 0 fully saturated rings. The van der Waals surface area contributed by atoms with E-state index in [4.69, 9.17) is 9.47 Å². The topological polar surface area (TPSA) is 110 Å². The van der Waals surface area contributed by atoms with Gasteiger partial charge >= 0.3 is 5.97 Å². The van der Waals surface area contributed by atoms with Crippen LogP contribution in [-0.2, 0) is 36.9 Å². The largest absolute Gasteiger partial charge is 0.455 e. The van der Waals surface area contributed by atoms with Crippen molar-refractivity contribution in [2.24, 2.45) is 17.8 Å². The first-order chi connectivity index (χ1) is 18.9. The van der Waals surface area contributed by atoms with Gasteiger partial charge < -0.3 is 29.3 Å². The minimum atomic E-state index is -1.46. The first-order valence-corrected chi connectivity index (χ1v) is 14.0. The highest BCUT2D eigenvalue weighted by Crippen LogP contribution is 2.26. The Kier molecular flexibility index (Phi) is 16.2. The molecule has 0 aliphatic carbocycles. The SMILES string of the molecule is COCc1ccccc1CCC(C)/C=C/C=C(\C)[C@@H](C=O)[C@@H](C)/C=C/[C@H](OC(C)=O)[C@@](C)(O)CC[C@H](O)CC=O. The average Bonchev–Trinajstić information content (AvgIpc) is 2.90. The van der Waals surface area contributed by atoms with Crippen molar-refractivity contribution in [1.29, 1.82) is 0 Å². The molecule has 0 heterocycles. The van der Waals surface area contributed by atoms with Crippen LogP contribution in [0.1, 0.15) is 71.4 Å². The summed E-state index contributed by atoms with van der Waals surface area (Å²) in [6, 6.07) is 8.31. The highest BCUT2D eigenvalue weighted by Gasteiger charge is 2.33. The van der Waals surface area contributed by atoms with E-state index >= 15 is 0 Å². The lowest BCUT2D eigenvalue weighted by atomic mass is 9.86. The van der Waals surface area contributed by atoms with Crippen molar-refractivity contribution >= 4 is 18.5 Å². The van der Waals surface area contributed by atoms with Gasteiger partial charge in [-0.3, -0.25) is 4.79 Å². The highest BCUT2D eigenvalue weighted by atomic mass is 16.6. The molecular formula is C33H48O7. The second-order valence-corrected chi connectivity index (χ2v) is 10.9. The van der Waals surface area contributed by atoms with Crippen LogP contribution in [-0.4, -0.2) is 53.7 Å². The van der Waals surface area contributed by atoms with Gasteiger partial charge in [-0.05, 0) is 68.6 Å². The van der Waals surface area contributed by atoms with E-state index in [0.29, 0.717) is 18.8 Å². The van der Waals surface area contributed by atoms with Gasteiger partial charge in [-0.15, -0.1) is 0 Å². The number of allylic oxidation sites excluding steroid dienone is 5. The Hall–Kier alpha value is -2.87. The Bertz CT molecular complexity index is 1010. The fourth-order valence-corrected chi connectivity index (χ4v) is 4.51. The van der Waals surface area contributed by atoms with E-state index in [1.807, 2.05) is 38.1 Å². The minimum absolute atomic E-state index is 0.0244. The number of esters is 1. The van der Waals surface area contributed by atoms with Gasteiger partial charge in [0.15, 0.2) is 0 Å². The molecule has 222 valence electrons. The van der Waals surface area contributed by atoms with Crippen molar-refractivity contribution < 1.29 is 34.1 Å². The molecule has 2 N–H and O–H groups in total. The van der Waals surface area contributed by atoms with Gasteiger partial charge in [0.05, 0.1) is 12.7 Å². The summed E-state index contributed by atoms with van der Waals surface area (Å²) in [5.74, 6) is -0.815. The summed E-state index contributed by atoms with van der Waals surface area (Å²) >= 11 is 0. The number of hydrogen-bond donors (Lipinski definition) is 2. The van der Waals surface area contributed by atoms with Gasteiger partial charge in [-0.2, -0.15) is 0 Å². The van der Waals surface area contributed by atoms with Crippen molar-refractivity contribution in [3.05, 3.63) is 71.3 Å². The molecule has 6 atom stereocenters. The maximum absolute atomic E-state index is 12.0. The molecular weight excluding hydrogens is 508 g/mol. The number of methoxy groups -OCH3 is 1. The predicted octanol–water partition coefficient (Wildman–Crippen LogP) is 5.32. The lowest BCUT2D eigenvalue weighted by molar-refractivity contribution is -0.156. The Morgan fingerprint density at radius 2 is 1.73 bits per heavy atom. The number of aliphatic hydroxyl groups excluding tert-OH is 1. The number of carbonyl (C=O) groups excluding carboxylic acids is 3. The summed E-state index contributed by atoms with van der Waals surface area (Å²) in [6.45, 7) is 9.35. The van der Waals surface area contributed by atoms with Crippen molar-refractivity contribution in [3.8, 4) is 0 Å². The van der Waals surface area contributed by atoms with Crippen LogP contribution >= 0.6 is 0 Å². The van der Waals surface area contributed by atoms with E-state index in [1.165, 1.54) is 25.0 Å². The van der Waals surface area contributed by atoms with Crippen LogP contribution in [0.25, 0.3) is 0 Å². The number of aryl methyl sites for hydroxylation is 1. The van der Waals surface area contributed by atoms with Crippen LogP contribution in [0.15, 0.2) is 60.2 Å². The lowest BCUT2D eigenvalue weighted by Crippen LogP contribution is -2.41. The van der Waals surface area contributed by atoms with Crippen LogP contribution in [0.4, 0.5) is 0 Å². The van der Waals surface area contributed by atoms with E-state index in [2.05, 4.69) is 25.1 Å². The zero-order valence-electron chi connectivity index (χ0n) is 24.9. The molecule has 1 unspecified atom stereocenters. The molecule has 0 spiro atoms. The zero-order chi connectivity index (χ0) is 30.1. The molecule has 7 nitrogen and oxygen atoms in total. The maximum atomic E-state index is 12.0. The van der Waals surface area contributed by atoms with Gasteiger partial charge in [0.1, 0.15) is 24.3 Å². The van der Waals surface area contributed by atoms with E-state index in [9.17, 15) is 24.6 Å². The number of rotatable bonds is 19. The lowest BCUT2D eigenvalue weighted by Gasteiger charge is -2.31. The number of ether oxygens (including phenoxy) is 2. The summed E-state index contributed by atoms with van der Waals surface area (Å²) < 4.78 is 10.7. The molecule has 0 aromatic heterocycles. The Labute approximate surface area is 240 Å². The number of aldehydes is 2. The van der Waals surface area contributed by atoms with Crippen molar-refractivity contribution in [1.82, 2.24) is 0 Å². The van der Waals surface area contributed by atoms with E-state index in [1.54, 1.807) is 19.3 Å². The van der Waals surface area contributed by atoms with Crippen molar-refractivity contribution in [2.45, 2.75) is 91.1 Å². The standard InChI is InChI=1S/C33H48O7/c1-24(14-16-28-12-7-8-13-29(28)23-39-6)10-9-11-25(2)31(22-35)26(3)15-17-32(40-27(4)36)33(5,38)20-18-30(37)19-21-34/h7-13,15,17,21-22,24,26,30-32,37-38H,14,16,18-20,23H2,1-6H3/b10-9+,17-15+,25-11+/t24?,26-,30-,31+,32-,33-/m0/s1. The predicted molar refractivity (Wildman–Crippen MR) is 157 cm³/mol. The normalized spacial score (nSPS) is 17.6. The van der Waals surface area contributed by atoms with Crippen molar-refractivity contribution in [3.63, 3.8) is 0 Å². The van der Waals surface area contributed by atoms with Gasteiger partial charge in [0.2, 0.25) is 0 Å². The number of hydrogen-bond acceptors (Lipinski definition) is 7. The molecule has 0 saturated carbocycles. The fourth-order valence-electron chi connectivity index (χ4n) is 4.51. The molecule has 1 rings (SSSR count). The zero-order valence-corrected chi connectivity index (χ0v) is 24.9. The first kappa shape index (κ1) is 35.2. The summed E-state index contributed by atoms with van der Waals surface area (Å²) in [6.07, 6.45) is 11.3. The van der Waals surface area contributed by atoms with Crippen LogP contribution in [0.5, 0.6) is 0 Å². The molecule has 0 aliphatic rings. The average molecular weight is 557 g/mol. The third-order valence-electron chi connectivity index (χ3n) is 7.17. The summed E-state index contributed by atoms with van der Waals surface area (Å²) in [4.78, 5) is 34.3. The molecule has 40 heavy (non-hydrogen) atoms. The third kappa shape index (κ3) is 13.0. The quantitative estimate of drug-likeness (QED) is 0.103. The van der Waals surface area contributed by atoms with Crippen LogP contribution in [0.2, 0.25) is 0 Å². The van der Waals surface area contributed by atoms with Crippen LogP contribution in [0.3, 0.4) is 0 Å². The Morgan fingerprint density at radius 1 is 1.05 bits per heavy atom. The molecule has 0 amide bonds. The Morgan fingerprint density at radius 3 is 2.33 bits per heavy atom. The summed E-state index contributed by atoms with van der Waals surface area (Å²) in [7, 11) is 1.70. The first-order valence-electron chi connectivity index (χ1n) is 14.0. The van der Waals surface area contributed by atoms with Gasteiger partial charge in [-0.25, -0.2) is 0 Å². The molecule has 1 aromatic carbocycles. The highest BCUT2D eigenvalue weighted by molar-refractivity contribution is 5.66. The molecule has 0 bridgehead atoms. The smallest absolute Gasteiger partial charge is 0.303 e. The number of benzene rings is 1. The molecule has 7 heteroatoms. The van der Waals surface area contributed by atoms with Crippen LogP contribution in [0, 0.1) is 17.8 Å². The Balaban J connectivity index is 2.84. The third-order valence-corrected chi connectivity index (χ3v) is 7.17. The van der Waals surface area contributed by atoms with Gasteiger partial charge in [-0.1, -0.05) is 68.0 Å². The molecule has 0 radical (unpaired) electrons. The number of carbonyl (C=O) groups is 3. The van der Waals surface area contributed by atoms with Crippen LogP contribution < -0.4 is 0 Å². The summed E-state index contributed by atoms with van der Waals surface area (Å²) in [5.41, 5.74) is 1.94. The van der Waals surface area contributed by atoms with E-state index in [-0.39, 0.29) is 25.2 Å². The molecule has 0 aliphatic heterocycles. The fraction of sp³-hybridized carbons (Fsp3) is 0.545. The second kappa shape index (κ2) is 18.5. The monoisotopic (exact) mass is 556 g/mol. The van der Waals surface area contributed by atoms with Crippen molar-refractivity contribution in [2.75, 3.05) is 7.11 Å². The van der Waals surface area contributed by atoms with Gasteiger partial charge in [0, 0.05) is 26.4 Å². The summed E-state index contributed by atoms with van der Waals surface area (Å²) in [5, 5.41) is 20.8. The molecule has 1 aromatic rings. The molecule has 0 saturated heterocycles. The second-order valence-electron chi connectivity index (χ2n) is 10.9.